The van der Waals surface area contributed by atoms with Crippen molar-refractivity contribution in [3.8, 4) is 0 Å². The summed E-state index contributed by atoms with van der Waals surface area (Å²) >= 11 is 0. The van der Waals surface area contributed by atoms with Crippen molar-refractivity contribution >= 4 is 0 Å². The van der Waals surface area contributed by atoms with Crippen LogP contribution in [-0.4, -0.2) is 12.1 Å². The van der Waals surface area contributed by atoms with E-state index in [4.69, 9.17) is 0 Å². The highest BCUT2D eigenvalue weighted by Crippen LogP contribution is 2.19. The van der Waals surface area contributed by atoms with Gasteiger partial charge in [0.25, 0.3) is 0 Å². The van der Waals surface area contributed by atoms with Gasteiger partial charge in [-0.15, -0.1) is 0 Å². The van der Waals surface area contributed by atoms with Gasteiger partial charge in [-0.05, 0) is 70.0 Å². The molecule has 0 aliphatic heterocycles. The van der Waals surface area contributed by atoms with E-state index in [0.29, 0.717) is 5.92 Å². The predicted molar refractivity (Wildman–Crippen MR) is 85.8 cm³/mol. The van der Waals surface area contributed by atoms with Crippen molar-refractivity contribution in [2.45, 2.75) is 71.8 Å². The monoisotopic (exact) mass is 261 g/mol. The third kappa shape index (κ3) is 6.77. The van der Waals surface area contributed by atoms with Gasteiger partial charge in [-0.25, -0.2) is 0 Å². The van der Waals surface area contributed by atoms with Gasteiger partial charge < -0.3 is 5.32 Å². The summed E-state index contributed by atoms with van der Waals surface area (Å²) in [4.78, 5) is 0. The number of benzene rings is 1. The molecular formula is C18H31N. The third-order valence-corrected chi connectivity index (χ3v) is 3.71. The minimum Gasteiger partial charge on any atom is -0.312 e. The first-order chi connectivity index (χ1) is 8.92. The smallest absolute Gasteiger partial charge is 0.00965 e. The summed E-state index contributed by atoms with van der Waals surface area (Å²) in [5.74, 6) is 0.685. The highest BCUT2D eigenvalue weighted by atomic mass is 14.9. The molecule has 1 atom stereocenters. The second kappa shape index (κ2) is 7.69. The zero-order valence-corrected chi connectivity index (χ0v) is 13.4. The van der Waals surface area contributed by atoms with Crippen LogP contribution in [0.2, 0.25) is 0 Å². The van der Waals surface area contributed by atoms with E-state index in [2.05, 4.69) is 64.2 Å². The number of nitrogens with one attached hydrogen (secondary N) is 1. The molecule has 1 heteroatoms. The van der Waals surface area contributed by atoms with Crippen molar-refractivity contribution in [2.75, 3.05) is 6.54 Å². The number of rotatable bonds is 7. The molecule has 0 spiro atoms. The lowest BCUT2D eigenvalue weighted by Gasteiger charge is -2.20. The Morgan fingerprint density at radius 2 is 1.68 bits per heavy atom. The number of aryl methyl sites for hydroxylation is 1. The standard InChI is InChI=1S/C18H31N/c1-6-15(2)17-12-10-16(11-13-17)9-7-8-14-19-18(3,4)5/h10-13,15,19H,6-9,14H2,1-5H3. The molecule has 0 heterocycles. The maximum Gasteiger partial charge on any atom is 0.00965 e. The molecule has 1 nitrogen and oxygen atoms in total. The van der Waals surface area contributed by atoms with Crippen LogP contribution in [0.25, 0.3) is 0 Å². The van der Waals surface area contributed by atoms with Crippen molar-refractivity contribution in [2.24, 2.45) is 0 Å². The molecule has 0 saturated heterocycles. The van der Waals surface area contributed by atoms with E-state index >= 15 is 0 Å². The Morgan fingerprint density at radius 3 is 2.21 bits per heavy atom. The Bertz CT molecular complexity index is 345. The van der Waals surface area contributed by atoms with Gasteiger partial charge in [0.2, 0.25) is 0 Å². The molecule has 0 aliphatic carbocycles. The van der Waals surface area contributed by atoms with Gasteiger partial charge in [0.1, 0.15) is 0 Å². The van der Waals surface area contributed by atoms with E-state index in [-0.39, 0.29) is 5.54 Å². The van der Waals surface area contributed by atoms with Gasteiger partial charge in [0, 0.05) is 5.54 Å². The molecule has 1 aromatic rings. The van der Waals surface area contributed by atoms with Gasteiger partial charge >= 0.3 is 0 Å². The van der Waals surface area contributed by atoms with E-state index in [1.165, 1.54) is 36.8 Å². The Balaban J connectivity index is 2.27. The van der Waals surface area contributed by atoms with Crippen LogP contribution in [-0.2, 0) is 6.42 Å². The Morgan fingerprint density at radius 1 is 1.05 bits per heavy atom. The fraction of sp³-hybridized carbons (Fsp3) is 0.667. The molecule has 0 saturated carbocycles. The molecule has 19 heavy (non-hydrogen) atoms. The average molecular weight is 261 g/mol. The zero-order chi connectivity index (χ0) is 14.3. The maximum atomic E-state index is 3.54. The molecule has 0 aliphatic rings. The molecule has 1 rings (SSSR count). The van der Waals surface area contributed by atoms with Crippen molar-refractivity contribution in [3.63, 3.8) is 0 Å². The summed E-state index contributed by atoms with van der Waals surface area (Å²) in [7, 11) is 0. The summed E-state index contributed by atoms with van der Waals surface area (Å²) < 4.78 is 0. The average Bonchev–Trinajstić information content (AvgIpc) is 2.37. The van der Waals surface area contributed by atoms with Crippen molar-refractivity contribution < 1.29 is 0 Å². The number of unbranched alkanes of at least 4 members (excludes halogenated alkanes) is 1. The van der Waals surface area contributed by atoms with Crippen LogP contribution in [0.5, 0.6) is 0 Å². The fourth-order valence-electron chi connectivity index (χ4n) is 2.17. The van der Waals surface area contributed by atoms with Gasteiger partial charge in [-0.3, -0.25) is 0 Å². The van der Waals surface area contributed by atoms with Crippen LogP contribution in [0.15, 0.2) is 24.3 Å². The first-order valence-electron chi connectivity index (χ1n) is 7.76. The van der Waals surface area contributed by atoms with Crippen LogP contribution >= 0.6 is 0 Å². The SMILES string of the molecule is CCC(C)c1ccc(CCCCNC(C)(C)C)cc1. The molecule has 1 aromatic carbocycles. The lowest BCUT2D eigenvalue weighted by molar-refractivity contribution is 0.419. The molecular weight excluding hydrogens is 230 g/mol. The summed E-state index contributed by atoms with van der Waals surface area (Å²) in [6, 6.07) is 9.21. The van der Waals surface area contributed by atoms with Crippen molar-refractivity contribution in [3.05, 3.63) is 35.4 Å². The molecule has 108 valence electrons. The highest BCUT2D eigenvalue weighted by molar-refractivity contribution is 5.25. The fourth-order valence-corrected chi connectivity index (χ4v) is 2.17. The van der Waals surface area contributed by atoms with E-state index in [1.54, 1.807) is 0 Å². The second-order valence-electron chi connectivity index (χ2n) is 6.68. The van der Waals surface area contributed by atoms with E-state index < -0.39 is 0 Å². The predicted octanol–water partition coefficient (Wildman–Crippen LogP) is 4.91. The Hall–Kier alpha value is -0.820. The molecule has 0 radical (unpaired) electrons. The van der Waals surface area contributed by atoms with Crippen LogP contribution < -0.4 is 5.32 Å². The Labute approximate surface area is 119 Å². The van der Waals surface area contributed by atoms with E-state index in [1.807, 2.05) is 0 Å². The molecule has 1 unspecified atom stereocenters. The first kappa shape index (κ1) is 16.2. The minimum absolute atomic E-state index is 0.248. The van der Waals surface area contributed by atoms with Gasteiger partial charge in [0.05, 0.1) is 0 Å². The molecule has 0 amide bonds. The maximum absolute atomic E-state index is 3.54. The molecule has 1 N–H and O–H groups in total. The van der Waals surface area contributed by atoms with Crippen LogP contribution in [0.3, 0.4) is 0 Å². The van der Waals surface area contributed by atoms with E-state index in [0.717, 1.165) is 6.54 Å². The van der Waals surface area contributed by atoms with E-state index in [9.17, 15) is 0 Å². The van der Waals surface area contributed by atoms with Gasteiger partial charge in [-0.1, -0.05) is 38.1 Å². The third-order valence-electron chi connectivity index (χ3n) is 3.71. The topological polar surface area (TPSA) is 12.0 Å². The van der Waals surface area contributed by atoms with Crippen molar-refractivity contribution in [1.82, 2.24) is 5.32 Å². The normalized spacial score (nSPS) is 13.5. The second-order valence-corrected chi connectivity index (χ2v) is 6.68. The van der Waals surface area contributed by atoms with Crippen LogP contribution in [0.1, 0.15) is 70.9 Å². The van der Waals surface area contributed by atoms with Crippen molar-refractivity contribution in [1.29, 1.82) is 0 Å². The Kier molecular flexibility index (Phi) is 6.57. The summed E-state index contributed by atoms with van der Waals surface area (Å²) in [5, 5.41) is 3.54. The summed E-state index contributed by atoms with van der Waals surface area (Å²) in [6.07, 6.45) is 4.95. The molecule has 0 fully saturated rings. The zero-order valence-electron chi connectivity index (χ0n) is 13.4. The molecule has 0 bridgehead atoms. The largest absolute Gasteiger partial charge is 0.312 e. The van der Waals surface area contributed by atoms with Crippen LogP contribution in [0, 0.1) is 0 Å². The minimum atomic E-state index is 0.248. The van der Waals surface area contributed by atoms with Gasteiger partial charge in [0.15, 0.2) is 0 Å². The van der Waals surface area contributed by atoms with Gasteiger partial charge in [-0.2, -0.15) is 0 Å². The quantitative estimate of drug-likeness (QED) is 0.688. The number of hydrogen-bond acceptors (Lipinski definition) is 1. The summed E-state index contributed by atoms with van der Waals surface area (Å²) in [6.45, 7) is 12.3. The van der Waals surface area contributed by atoms with Crippen LogP contribution in [0.4, 0.5) is 0 Å². The first-order valence-corrected chi connectivity index (χ1v) is 7.76. The summed E-state index contributed by atoms with van der Waals surface area (Å²) in [5.41, 5.74) is 3.20. The lowest BCUT2D eigenvalue weighted by atomic mass is 9.96. The lowest BCUT2D eigenvalue weighted by Crippen LogP contribution is -2.36. The highest BCUT2D eigenvalue weighted by Gasteiger charge is 2.07. The molecule has 0 aromatic heterocycles. The number of hydrogen-bond donors (Lipinski definition) is 1.